The van der Waals surface area contributed by atoms with Gasteiger partial charge in [-0.25, -0.2) is 0 Å². The Labute approximate surface area is 111 Å². The van der Waals surface area contributed by atoms with Crippen LogP contribution in [0.1, 0.15) is 50.8 Å². The second-order valence-electron chi connectivity index (χ2n) is 5.56. The zero-order chi connectivity index (χ0) is 13.0. The first kappa shape index (κ1) is 13.4. The van der Waals surface area contributed by atoms with E-state index in [1.54, 1.807) is 0 Å². The summed E-state index contributed by atoms with van der Waals surface area (Å²) >= 11 is 0. The Morgan fingerprint density at radius 1 is 1.33 bits per heavy atom. The Morgan fingerprint density at radius 3 is 2.89 bits per heavy atom. The van der Waals surface area contributed by atoms with Gasteiger partial charge < -0.3 is 10.1 Å². The van der Waals surface area contributed by atoms with Crippen LogP contribution in [0.25, 0.3) is 0 Å². The van der Waals surface area contributed by atoms with Crippen LogP contribution in [0.2, 0.25) is 0 Å². The predicted molar refractivity (Wildman–Crippen MR) is 76.1 cm³/mol. The van der Waals surface area contributed by atoms with Gasteiger partial charge in [-0.05, 0) is 42.5 Å². The molecule has 1 unspecified atom stereocenters. The number of hydrogen-bond donors (Lipinski definition) is 1. The monoisotopic (exact) mass is 247 g/mol. The molecule has 0 aliphatic carbocycles. The third-order valence-corrected chi connectivity index (χ3v) is 3.64. The zero-order valence-corrected chi connectivity index (χ0v) is 11.8. The van der Waals surface area contributed by atoms with Gasteiger partial charge in [0.2, 0.25) is 0 Å². The second-order valence-corrected chi connectivity index (χ2v) is 5.56. The van der Waals surface area contributed by atoms with Gasteiger partial charge in [0.25, 0.3) is 0 Å². The molecule has 2 heteroatoms. The first-order valence-corrected chi connectivity index (χ1v) is 7.19. The number of ether oxygens (including phenoxy) is 1. The summed E-state index contributed by atoms with van der Waals surface area (Å²) in [6.07, 6.45) is 3.44. The van der Waals surface area contributed by atoms with E-state index < -0.39 is 0 Å². The van der Waals surface area contributed by atoms with Crippen LogP contribution in [0.4, 0.5) is 0 Å². The molecule has 1 N–H and O–H groups in total. The standard InChI is InChI=1S/C16H25NO/c1-4-15(17-9-7-12(2)3)13-5-6-16-14(11-13)8-10-18-16/h5-6,11-12,15,17H,4,7-10H2,1-3H3. The van der Waals surface area contributed by atoms with E-state index >= 15 is 0 Å². The minimum Gasteiger partial charge on any atom is -0.493 e. The molecule has 1 aromatic rings. The van der Waals surface area contributed by atoms with Crippen LogP contribution in [0, 0.1) is 5.92 Å². The lowest BCUT2D eigenvalue weighted by Gasteiger charge is -2.19. The van der Waals surface area contributed by atoms with Crippen molar-refractivity contribution in [1.29, 1.82) is 0 Å². The Balaban J connectivity index is 1.99. The fourth-order valence-electron chi connectivity index (χ4n) is 2.47. The summed E-state index contributed by atoms with van der Waals surface area (Å²) in [5.74, 6) is 1.85. The van der Waals surface area contributed by atoms with Crippen molar-refractivity contribution in [2.24, 2.45) is 5.92 Å². The molecular weight excluding hydrogens is 222 g/mol. The highest BCUT2D eigenvalue weighted by Crippen LogP contribution is 2.29. The van der Waals surface area contributed by atoms with E-state index in [0.717, 1.165) is 37.7 Å². The van der Waals surface area contributed by atoms with Crippen LogP contribution in [0.5, 0.6) is 5.75 Å². The number of nitrogens with one attached hydrogen (secondary N) is 1. The van der Waals surface area contributed by atoms with E-state index in [-0.39, 0.29) is 0 Å². The van der Waals surface area contributed by atoms with E-state index in [1.807, 2.05) is 0 Å². The lowest BCUT2D eigenvalue weighted by Crippen LogP contribution is -2.22. The lowest BCUT2D eigenvalue weighted by molar-refractivity contribution is 0.356. The number of benzene rings is 1. The third-order valence-electron chi connectivity index (χ3n) is 3.64. The highest BCUT2D eigenvalue weighted by Gasteiger charge is 2.15. The normalized spacial score (nSPS) is 15.6. The molecule has 0 radical (unpaired) electrons. The van der Waals surface area contributed by atoms with Gasteiger partial charge in [-0.2, -0.15) is 0 Å². The number of hydrogen-bond acceptors (Lipinski definition) is 2. The Hall–Kier alpha value is -1.02. The van der Waals surface area contributed by atoms with Crippen molar-refractivity contribution in [3.8, 4) is 5.75 Å². The molecule has 2 nitrogen and oxygen atoms in total. The highest BCUT2D eigenvalue weighted by atomic mass is 16.5. The molecule has 1 atom stereocenters. The molecule has 18 heavy (non-hydrogen) atoms. The Kier molecular flexibility index (Phi) is 4.65. The molecule has 0 saturated heterocycles. The fraction of sp³-hybridized carbons (Fsp3) is 0.625. The molecule has 1 heterocycles. The molecule has 0 saturated carbocycles. The van der Waals surface area contributed by atoms with Gasteiger partial charge in [-0.15, -0.1) is 0 Å². The van der Waals surface area contributed by atoms with E-state index in [9.17, 15) is 0 Å². The number of rotatable bonds is 6. The summed E-state index contributed by atoms with van der Waals surface area (Å²) in [5.41, 5.74) is 2.78. The first-order valence-electron chi connectivity index (χ1n) is 7.19. The van der Waals surface area contributed by atoms with Crippen LogP contribution in [0.3, 0.4) is 0 Å². The van der Waals surface area contributed by atoms with Gasteiger partial charge in [-0.3, -0.25) is 0 Å². The third kappa shape index (κ3) is 3.26. The van der Waals surface area contributed by atoms with Crippen molar-refractivity contribution >= 4 is 0 Å². The maximum atomic E-state index is 5.56. The summed E-state index contributed by atoms with van der Waals surface area (Å²) in [7, 11) is 0. The highest BCUT2D eigenvalue weighted by molar-refractivity contribution is 5.40. The summed E-state index contributed by atoms with van der Waals surface area (Å²) in [5, 5.41) is 3.67. The van der Waals surface area contributed by atoms with Crippen molar-refractivity contribution in [3.05, 3.63) is 29.3 Å². The predicted octanol–water partition coefficient (Wildman–Crippen LogP) is 3.71. The van der Waals surface area contributed by atoms with Crippen molar-refractivity contribution in [2.75, 3.05) is 13.2 Å². The van der Waals surface area contributed by atoms with Crippen molar-refractivity contribution in [2.45, 2.75) is 46.1 Å². The van der Waals surface area contributed by atoms with Gasteiger partial charge >= 0.3 is 0 Å². The Morgan fingerprint density at radius 2 is 2.17 bits per heavy atom. The molecule has 0 aromatic heterocycles. The van der Waals surface area contributed by atoms with Gasteiger partial charge in [0.15, 0.2) is 0 Å². The van der Waals surface area contributed by atoms with E-state index in [4.69, 9.17) is 4.74 Å². The molecule has 0 spiro atoms. The molecule has 1 aliphatic heterocycles. The SMILES string of the molecule is CCC(NCCC(C)C)c1ccc2c(c1)CCO2. The van der Waals surface area contributed by atoms with Crippen LogP contribution in [-0.2, 0) is 6.42 Å². The van der Waals surface area contributed by atoms with E-state index in [1.165, 1.54) is 17.5 Å². The molecule has 1 aliphatic rings. The minimum absolute atomic E-state index is 0.481. The topological polar surface area (TPSA) is 21.3 Å². The molecule has 0 fully saturated rings. The summed E-state index contributed by atoms with van der Waals surface area (Å²) in [4.78, 5) is 0. The Bertz CT molecular complexity index is 387. The molecule has 100 valence electrons. The van der Waals surface area contributed by atoms with E-state index in [0.29, 0.717) is 6.04 Å². The lowest BCUT2D eigenvalue weighted by atomic mass is 10.0. The average molecular weight is 247 g/mol. The molecule has 0 bridgehead atoms. The number of fused-ring (bicyclic) bond motifs is 1. The summed E-state index contributed by atoms with van der Waals surface area (Å²) < 4.78 is 5.56. The van der Waals surface area contributed by atoms with Gasteiger partial charge in [0.05, 0.1) is 6.61 Å². The summed E-state index contributed by atoms with van der Waals surface area (Å²) in [6.45, 7) is 8.74. The van der Waals surface area contributed by atoms with Gasteiger partial charge in [0, 0.05) is 12.5 Å². The smallest absolute Gasteiger partial charge is 0.122 e. The van der Waals surface area contributed by atoms with Crippen LogP contribution < -0.4 is 10.1 Å². The second kappa shape index (κ2) is 6.24. The fourth-order valence-corrected chi connectivity index (χ4v) is 2.47. The first-order chi connectivity index (χ1) is 8.70. The van der Waals surface area contributed by atoms with Gasteiger partial charge in [0.1, 0.15) is 5.75 Å². The minimum atomic E-state index is 0.481. The van der Waals surface area contributed by atoms with Crippen molar-refractivity contribution in [1.82, 2.24) is 5.32 Å². The maximum absolute atomic E-state index is 5.56. The maximum Gasteiger partial charge on any atom is 0.122 e. The van der Waals surface area contributed by atoms with Crippen molar-refractivity contribution in [3.63, 3.8) is 0 Å². The zero-order valence-electron chi connectivity index (χ0n) is 11.8. The molecule has 2 rings (SSSR count). The molecular formula is C16H25NO. The summed E-state index contributed by atoms with van der Waals surface area (Å²) in [6, 6.07) is 7.14. The van der Waals surface area contributed by atoms with E-state index in [2.05, 4.69) is 44.3 Å². The van der Waals surface area contributed by atoms with Gasteiger partial charge in [-0.1, -0.05) is 32.9 Å². The van der Waals surface area contributed by atoms with Crippen LogP contribution in [-0.4, -0.2) is 13.2 Å². The van der Waals surface area contributed by atoms with Crippen LogP contribution >= 0.6 is 0 Å². The quantitative estimate of drug-likeness (QED) is 0.827. The molecule has 1 aromatic carbocycles. The largest absolute Gasteiger partial charge is 0.493 e. The van der Waals surface area contributed by atoms with Crippen molar-refractivity contribution < 1.29 is 4.74 Å². The van der Waals surface area contributed by atoms with Crippen LogP contribution in [0.15, 0.2) is 18.2 Å². The average Bonchev–Trinajstić information content (AvgIpc) is 2.81. The molecule has 0 amide bonds.